The first-order valence-electron chi connectivity index (χ1n) is 11.8. The Morgan fingerprint density at radius 2 is 1.94 bits per heavy atom. The standard InChI is InChI=1S/C25H31N5O2S/c26-23(31)21-7-4-10-29(21)13-14-32-15-18-8-11-30(12-9-18)24-22-20(19-5-2-1-3-6-19)16-33-25(22)28-17-27-24/h1-3,5-6,16-18,21H,4,7-15H2,(H2,26,31). The monoisotopic (exact) mass is 465 g/mol. The van der Waals surface area contributed by atoms with E-state index in [-0.39, 0.29) is 11.9 Å². The van der Waals surface area contributed by atoms with Gasteiger partial charge in [-0.1, -0.05) is 30.3 Å². The van der Waals surface area contributed by atoms with Crippen LogP contribution in [0.15, 0.2) is 42.0 Å². The molecule has 0 spiro atoms. The molecule has 33 heavy (non-hydrogen) atoms. The maximum Gasteiger partial charge on any atom is 0.234 e. The topological polar surface area (TPSA) is 84.6 Å². The van der Waals surface area contributed by atoms with Gasteiger partial charge in [0.2, 0.25) is 5.91 Å². The molecular formula is C25H31N5O2S. The van der Waals surface area contributed by atoms with Crippen molar-refractivity contribution in [2.45, 2.75) is 31.7 Å². The summed E-state index contributed by atoms with van der Waals surface area (Å²) in [6.07, 6.45) is 5.78. The van der Waals surface area contributed by atoms with Gasteiger partial charge in [0.05, 0.1) is 18.0 Å². The quantitative estimate of drug-likeness (QED) is 0.512. The summed E-state index contributed by atoms with van der Waals surface area (Å²) in [4.78, 5) is 26.4. The number of hydrogen-bond acceptors (Lipinski definition) is 7. The lowest BCUT2D eigenvalue weighted by molar-refractivity contribution is -0.122. The molecule has 174 valence electrons. The van der Waals surface area contributed by atoms with E-state index in [2.05, 4.69) is 44.4 Å². The van der Waals surface area contributed by atoms with Crippen molar-refractivity contribution in [3.63, 3.8) is 0 Å². The highest BCUT2D eigenvalue weighted by Crippen LogP contribution is 2.38. The smallest absolute Gasteiger partial charge is 0.234 e. The van der Waals surface area contributed by atoms with Crippen LogP contribution < -0.4 is 10.6 Å². The molecule has 1 atom stereocenters. The van der Waals surface area contributed by atoms with Gasteiger partial charge in [-0.3, -0.25) is 9.69 Å². The van der Waals surface area contributed by atoms with Crippen LogP contribution in [0.2, 0.25) is 0 Å². The van der Waals surface area contributed by atoms with E-state index in [0.717, 1.165) is 74.5 Å². The molecule has 0 saturated carbocycles. The SMILES string of the molecule is NC(=O)C1CCCN1CCOCC1CCN(c2ncnc3scc(-c4ccccc4)c23)CC1. The molecule has 2 aromatic heterocycles. The maximum atomic E-state index is 11.5. The minimum atomic E-state index is -0.209. The van der Waals surface area contributed by atoms with Gasteiger partial charge in [0.25, 0.3) is 0 Å². The Bertz CT molecular complexity index is 1080. The normalized spacial score (nSPS) is 20.0. The van der Waals surface area contributed by atoms with E-state index in [0.29, 0.717) is 12.5 Å². The molecule has 0 aliphatic carbocycles. The van der Waals surface area contributed by atoms with Crippen LogP contribution in [0, 0.1) is 5.92 Å². The molecule has 5 rings (SSSR count). The Balaban J connectivity index is 1.16. The van der Waals surface area contributed by atoms with Crippen LogP contribution in [0.3, 0.4) is 0 Å². The lowest BCUT2D eigenvalue weighted by Crippen LogP contribution is -2.42. The molecule has 7 nitrogen and oxygen atoms in total. The van der Waals surface area contributed by atoms with E-state index in [4.69, 9.17) is 15.5 Å². The number of likely N-dealkylation sites (tertiary alicyclic amines) is 1. The van der Waals surface area contributed by atoms with Crippen LogP contribution in [0.4, 0.5) is 5.82 Å². The van der Waals surface area contributed by atoms with E-state index in [1.165, 1.54) is 11.1 Å². The molecule has 4 heterocycles. The van der Waals surface area contributed by atoms with Crippen LogP contribution in [0.5, 0.6) is 0 Å². The van der Waals surface area contributed by atoms with Crippen molar-refractivity contribution in [1.29, 1.82) is 0 Å². The van der Waals surface area contributed by atoms with Crippen molar-refractivity contribution in [3.05, 3.63) is 42.0 Å². The minimum absolute atomic E-state index is 0.112. The molecule has 2 fully saturated rings. The Labute approximate surface area is 198 Å². The number of ether oxygens (including phenoxy) is 1. The molecule has 2 N–H and O–H groups in total. The highest BCUT2D eigenvalue weighted by molar-refractivity contribution is 7.17. The third kappa shape index (κ3) is 4.88. The molecule has 2 saturated heterocycles. The molecule has 1 amide bonds. The van der Waals surface area contributed by atoms with Gasteiger partial charge in [-0.2, -0.15) is 0 Å². The van der Waals surface area contributed by atoms with Gasteiger partial charge in [-0.05, 0) is 43.7 Å². The average molecular weight is 466 g/mol. The fourth-order valence-corrected chi connectivity index (χ4v) is 6.00. The summed E-state index contributed by atoms with van der Waals surface area (Å²) < 4.78 is 6.00. The highest BCUT2D eigenvalue weighted by Gasteiger charge is 2.28. The average Bonchev–Trinajstić information content (AvgIpc) is 3.50. The number of anilines is 1. The Morgan fingerprint density at radius 3 is 2.73 bits per heavy atom. The zero-order chi connectivity index (χ0) is 22.6. The van der Waals surface area contributed by atoms with E-state index < -0.39 is 0 Å². The lowest BCUT2D eigenvalue weighted by atomic mass is 9.97. The summed E-state index contributed by atoms with van der Waals surface area (Å²) in [7, 11) is 0. The maximum absolute atomic E-state index is 11.5. The van der Waals surface area contributed by atoms with Crippen molar-refractivity contribution in [2.24, 2.45) is 11.7 Å². The molecule has 2 aliphatic rings. The molecule has 2 aliphatic heterocycles. The fourth-order valence-electron chi connectivity index (χ4n) is 5.09. The number of amides is 1. The molecule has 0 radical (unpaired) electrons. The summed E-state index contributed by atoms with van der Waals surface area (Å²) >= 11 is 1.68. The first-order chi connectivity index (χ1) is 16.2. The molecule has 0 bridgehead atoms. The van der Waals surface area contributed by atoms with Crippen LogP contribution >= 0.6 is 11.3 Å². The zero-order valence-electron chi connectivity index (χ0n) is 18.9. The summed E-state index contributed by atoms with van der Waals surface area (Å²) in [5, 5.41) is 3.36. The predicted octanol–water partition coefficient (Wildman–Crippen LogP) is 3.54. The molecule has 8 heteroatoms. The van der Waals surface area contributed by atoms with Gasteiger partial charge in [0, 0.05) is 37.2 Å². The van der Waals surface area contributed by atoms with Gasteiger partial charge < -0.3 is 15.4 Å². The van der Waals surface area contributed by atoms with Crippen molar-refractivity contribution >= 4 is 33.3 Å². The number of nitrogens with zero attached hydrogens (tertiary/aromatic N) is 4. The molecule has 1 aromatic carbocycles. The highest BCUT2D eigenvalue weighted by atomic mass is 32.1. The predicted molar refractivity (Wildman–Crippen MR) is 132 cm³/mol. The number of rotatable bonds is 8. The van der Waals surface area contributed by atoms with Gasteiger partial charge in [0.1, 0.15) is 17.0 Å². The van der Waals surface area contributed by atoms with Gasteiger partial charge in [-0.15, -0.1) is 11.3 Å². The van der Waals surface area contributed by atoms with Crippen molar-refractivity contribution in [1.82, 2.24) is 14.9 Å². The number of fused-ring (bicyclic) bond motifs is 1. The number of thiophene rings is 1. The van der Waals surface area contributed by atoms with Crippen LogP contribution in [0.25, 0.3) is 21.3 Å². The molecule has 1 unspecified atom stereocenters. The molecular weight excluding hydrogens is 434 g/mol. The Morgan fingerprint density at radius 1 is 1.12 bits per heavy atom. The van der Waals surface area contributed by atoms with E-state index in [1.807, 2.05) is 6.07 Å². The fraction of sp³-hybridized carbons (Fsp3) is 0.480. The number of benzene rings is 1. The Hall–Kier alpha value is -2.55. The second kappa shape index (κ2) is 10.2. The number of piperidine rings is 1. The number of carbonyl (C=O) groups excluding carboxylic acids is 1. The van der Waals surface area contributed by atoms with E-state index >= 15 is 0 Å². The largest absolute Gasteiger partial charge is 0.380 e. The number of hydrogen-bond donors (Lipinski definition) is 1. The third-order valence-corrected chi connectivity index (χ3v) is 7.80. The summed E-state index contributed by atoms with van der Waals surface area (Å²) in [6, 6.07) is 10.4. The lowest BCUT2D eigenvalue weighted by Gasteiger charge is -2.33. The summed E-state index contributed by atoms with van der Waals surface area (Å²) in [6.45, 7) is 5.10. The second-order valence-corrected chi connectivity index (χ2v) is 9.85. The van der Waals surface area contributed by atoms with Gasteiger partial charge >= 0.3 is 0 Å². The van der Waals surface area contributed by atoms with E-state index in [9.17, 15) is 4.79 Å². The number of carbonyl (C=O) groups is 1. The number of primary amides is 1. The third-order valence-electron chi connectivity index (χ3n) is 6.92. The second-order valence-electron chi connectivity index (χ2n) is 8.99. The van der Waals surface area contributed by atoms with Crippen molar-refractivity contribution < 1.29 is 9.53 Å². The first-order valence-corrected chi connectivity index (χ1v) is 12.7. The number of nitrogens with two attached hydrogens (primary N) is 1. The van der Waals surface area contributed by atoms with E-state index in [1.54, 1.807) is 17.7 Å². The van der Waals surface area contributed by atoms with Gasteiger partial charge in [-0.25, -0.2) is 9.97 Å². The molecule has 3 aromatic rings. The van der Waals surface area contributed by atoms with Crippen LogP contribution in [0.1, 0.15) is 25.7 Å². The van der Waals surface area contributed by atoms with Crippen LogP contribution in [-0.2, 0) is 9.53 Å². The zero-order valence-corrected chi connectivity index (χ0v) is 19.7. The van der Waals surface area contributed by atoms with Crippen molar-refractivity contribution in [3.8, 4) is 11.1 Å². The number of aromatic nitrogens is 2. The Kier molecular flexibility index (Phi) is 6.85. The van der Waals surface area contributed by atoms with Gasteiger partial charge in [0.15, 0.2) is 0 Å². The summed E-state index contributed by atoms with van der Waals surface area (Å²) in [5.41, 5.74) is 7.93. The van der Waals surface area contributed by atoms with Crippen LogP contribution in [-0.4, -0.2) is 66.2 Å². The van der Waals surface area contributed by atoms with Crippen molar-refractivity contribution in [2.75, 3.05) is 44.3 Å². The minimum Gasteiger partial charge on any atom is -0.380 e. The summed E-state index contributed by atoms with van der Waals surface area (Å²) in [5.74, 6) is 1.39. The first kappa shape index (κ1) is 22.3.